The van der Waals surface area contributed by atoms with E-state index < -0.39 is 13.9 Å². The molecule has 132 valence electrons. The second kappa shape index (κ2) is 5.81. The normalized spacial score (nSPS) is 32.7. The van der Waals surface area contributed by atoms with Gasteiger partial charge in [0.25, 0.3) is 5.91 Å². The molecule has 0 aliphatic carbocycles. The van der Waals surface area contributed by atoms with Crippen LogP contribution < -0.4 is 4.90 Å². The number of amides is 1. The van der Waals surface area contributed by atoms with Crippen LogP contribution in [0.5, 0.6) is 0 Å². The number of hydrogen-bond acceptors (Lipinski definition) is 4. The molecule has 1 saturated heterocycles. The Bertz CT molecular complexity index is 677. The highest BCUT2D eigenvalue weighted by molar-refractivity contribution is 6.71. The number of ether oxygens (including phenoxy) is 1. The summed E-state index contributed by atoms with van der Waals surface area (Å²) in [4.78, 5) is 25.6. The van der Waals surface area contributed by atoms with Crippen molar-refractivity contribution in [2.75, 3.05) is 18.6 Å². The molecule has 3 rings (SSSR count). The highest BCUT2D eigenvalue weighted by Gasteiger charge is 2.65. The van der Waals surface area contributed by atoms with Gasteiger partial charge >= 0.3 is 0 Å². The number of carbonyl (C=O) groups is 1. The molecule has 2 aliphatic rings. The minimum atomic E-state index is -2.61. The van der Waals surface area contributed by atoms with Crippen molar-refractivity contribution in [3.05, 3.63) is 28.8 Å². The molecule has 0 saturated carbocycles. The molecular formula is C17H24ClNO4Si. The van der Waals surface area contributed by atoms with Crippen molar-refractivity contribution < 1.29 is 19.4 Å². The van der Waals surface area contributed by atoms with Crippen LogP contribution in [0.4, 0.5) is 5.69 Å². The lowest BCUT2D eigenvalue weighted by molar-refractivity contribution is -0.146. The third-order valence-electron chi connectivity index (χ3n) is 5.49. The summed E-state index contributed by atoms with van der Waals surface area (Å²) in [6.07, 6.45) is 0.0552. The van der Waals surface area contributed by atoms with E-state index in [4.69, 9.17) is 16.3 Å². The van der Waals surface area contributed by atoms with Crippen molar-refractivity contribution >= 4 is 31.5 Å². The van der Waals surface area contributed by atoms with Crippen LogP contribution in [-0.2, 0) is 15.1 Å². The molecule has 7 heteroatoms. The van der Waals surface area contributed by atoms with Crippen LogP contribution in [0.1, 0.15) is 18.9 Å². The van der Waals surface area contributed by atoms with Gasteiger partial charge in [-0.2, -0.15) is 0 Å². The number of benzene rings is 1. The third kappa shape index (κ3) is 2.35. The Kier molecular flexibility index (Phi) is 4.33. The maximum absolute atomic E-state index is 13.2. The standard InChI is InChI=1S/C17H24ClNO4Si/c1-10-15(24(3,4)22)14(7-8-20)23-17(10)12-9-11(18)5-6-13(12)19(2)16(17)21/h5-6,9-10,14-15,20,22H,7-8H2,1-4H3/t10-,14+,15-,17+/m1/s1. The summed E-state index contributed by atoms with van der Waals surface area (Å²) in [7, 11) is -0.875. The minimum absolute atomic E-state index is 0.0408. The Morgan fingerprint density at radius 2 is 2.08 bits per heavy atom. The largest absolute Gasteiger partial charge is 0.432 e. The number of likely N-dealkylation sites (N-methyl/N-ethyl adjacent to an activating group) is 1. The van der Waals surface area contributed by atoms with E-state index in [0.717, 1.165) is 11.3 Å². The summed E-state index contributed by atoms with van der Waals surface area (Å²) in [5.41, 5.74) is 0.273. The Labute approximate surface area is 148 Å². The van der Waals surface area contributed by atoms with Crippen LogP contribution in [-0.4, -0.2) is 43.9 Å². The fourth-order valence-corrected chi connectivity index (χ4v) is 7.33. The van der Waals surface area contributed by atoms with Gasteiger partial charge in [-0.25, -0.2) is 0 Å². The van der Waals surface area contributed by atoms with Crippen molar-refractivity contribution in [2.24, 2.45) is 5.92 Å². The van der Waals surface area contributed by atoms with Crippen LogP contribution in [0.3, 0.4) is 0 Å². The van der Waals surface area contributed by atoms with Crippen LogP contribution in [0.15, 0.2) is 18.2 Å². The van der Waals surface area contributed by atoms with E-state index in [2.05, 4.69) is 0 Å². The summed E-state index contributed by atoms with van der Waals surface area (Å²) >= 11 is 6.19. The molecule has 1 fully saturated rings. The van der Waals surface area contributed by atoms with Crippen molar-refractivity contribution in [2.45, 2.75) is 43.7 Å². The molecule has 1 amide bonds. The molecule has 24 heavy (non-hydrogen) atoms. The number of carbonyl (C=O) groups excluding carboxylic acids is 1. The fraction of sp³-hybridized carbons (Fsp3) is 0.588. The Balaban J connectivity index is 2.17. The first kappa shape index (κ1) is 17.9. The van der Waals surface area contributed by atoms with E-state index in [0.29, 0.717) is 11.4 Å². The summed E-state index contributed by atoms with van der Waals surface area (Å²) in [5, 5.41) is 9.97. The highest BCUT2D eigenvalue weighted by atomic mass is 35.5. The number of hydrogen-bond donors (Lipinski definition) is 2. The predicted molar refractivity (Wildman–Crippen MR) is 95.7 cm³/mol. The van der Waals surface area contributed by atoms with Crippen LogP contribution in [0.25, 0.3) is 0 Å². The van der Waals surface area contributed by atoms with E-state index >= 15 is 0 Å². The van der Waals surface area contributed by atoms with Gasteiger partial charge in [0, 0.05) is 35.7 Å². The molecule has 2 N–H and O–H groups in total. The average molecular weight is 370 g/mol. The number of anilines is 1. The summed E-state index contributed by atoms with van der Waals surface area (Å²) in [5.74, 6) is -0.327. The molecule has 4 atom stereocenters. The van der Waals surface area contributed by atoms with Gasteiger partial charge in [-0.1, -0.05) is 18.5 Å². The number of nitrogens with zero attached hydrogens (tertiary/aromatic N) is 1. The molecule has 0 unspecified atom stereocenters. The SMILES string of the molecule is C[C@@H]1[C@@H]([Si](C)(C)O)[C@H](CCO)O[C@@]12C(=O)N(C)c1ccc(Cl)cc12. The van der Waals surface area contributed by atoms with Gasteiger partial charge in [0.2, 0.25) is 0 Å². The molecule has 0 bridgehead atoms. The number of fused-ring (bicyclic) bond motifs is 2. The molecule has 1 aromatic rings. The number of halogens is 1. The summed E-state index contributed by atoms with van der Waals surface area (Å²) in [6, 6.07) is 5.38. The van der Waals surface area contributed by atoms with Gasteiger partial charge in [-0.3, -0.25) is 4.79 Å². The zero-order chi connectivity index (χ0) is 17.9. The first-order valence-corrected chi connectivity index (χ1v) is 11.6. The maximum Gasteiger partial charge on any atom is 0.264 e. The van der Waals surface area contributed by atoms with Gasteiger partial charge in [-0.05, 0) is 37.7 Å². The molecule has 0 aromatic heterocycles. The quantitative estimate of drug-likeness (QED) is 0.803. The first-order chi connectivity index (χ1) is 11.1. The number of rotatable bonds is 3. The molecule has 2 heterocycles. The summed E-state index contributed by atoms with van der Waals surface area (Å²) in [6.45, 7) is 5.65. The van der Waals surface area contributed by atoms with Crippen LogP contribution >= 0.6 is 11.6 Å². The predicted octanol–water partition coefficient (Wildman–Crippen LogP) is 2.50. The zero-order valence-corrected chi connectivity index (χ0v) is 16.2. The van der Waals surface area contributed by atoms with Gasteiger partial charge in [-0.15, -0.1) is 0 Å². The van der Waals surface area contributed by atoms with Crippen molar-refractivity contribution in [1.82, 2.24) is 0 Å². The second-order valence-electron chi connectivity index (χ2n) is 7.40. The van der Waals surface area contributed by atoms with E-state index in [-0.39, 0.29) is 30.1 Å². The maximum atomic E-state index is 13.2. The van der Waals surface area contributed by atoms with Gasteiger partial charge in [0.1, 0.15) is 0 Å². The Morgan fingerprint density at radius 3 is 2.67 bits per heavy atom. The number of aliphatic hydroxyl groups excluding tert-OH is 1. The van der Waals surface area contributed by atoms with E-state index in [9.17, 15) is 14.7 Å². The first-order valence-electron chi connectivity index (χ1n) is 8.23. The third-order valence-corrected chi connectivity index (χ3v) is 8.23. The van der Waals surface area contributed by atoms with Crippen LogP contribution in [0, 0.1) is 5.92 Å². The number of aliphatic hydroxyl groups is 1. The lowest BCUT2D eigenvalue weighted by atomic mass is 9.82. The van der Waals surface area contributed by atoms with Gasteiger partial charge in [0.15, 0.2) is 13.9 Å². The average Bonchev–Trinajstić information content (AvgIpc) is 2.88. The van der Waals surface area contributed by atoms with E-state index in [1.807, 2.05) is 26.1 Å². The molecular weight excluding hydrogens is 346 g/mol. The van der Waals surface area contributed by atoms with Crippen LogP contribution in [0.2, 0.25) is 23.7 Å². The molecule has 2 aliphatic heterocycles. The lowest BCUT2D eigenvalue weighted by Crippen LogP contribution is -2.45. The fourth-order valence-electron chi connectivity index (χ4n) is 4.55. The molecule has 1 spiro atoms. The van der Waals surface area contributed by atoms with Crippen molar-refractivity contribution in [3.63, 3.8) is 0 Å². The smallest absolute Gasteiger partial charge is 0.264 e. The topological polar surface area (TPSA) is 70.0 Å². The molecule has 0 radical (unpaired) electrons. The lowest BCUT2D eigenvalue weighted by Gasteiger charge is -2.32. The molecule has 5 nitrogen and oxygen atoms in total. The monoisotopic (exact) mass is 369 g/mol. The minimum Gasteiger partial charge on any atom is -0.432 e. The van der Waals surface area contributed by atoms with E-state index in [1.54, 1.807) is 24.1 Å². The van der Waals surface area contributed by atoms with Crippen molar-refractivity contribution in [3.8, 4) is 0 Å². The second-order valence-corrected chi connectivity index (χ2v) is 11.8. The Hall–Kier alpha value is -0.923. The molecule has 1 aromatic carbocycles. The van der Waals surface area contributed by atoms with Crippen molar-refractivity contribution in [1.29, 1.82) is 0 Å². The zero-order valence-electron chi connectivity index (χ0n) is 14.4. The van der Waals surface area contributed by atoms with E-state index in [1.165, 1.54) is 0 Å². The Morgan fingerprint density at radius 1 is 1.42 bits per heavy atom. The summed E-state index contributed by atoms with van der Waals surface area (Å²) < 4.78 is 6.33. The van der Waals surface area contributed by atoms with Gasteiger partial charge < -0.3 is 19.5 Å². The highest BCUT2D eigenvalue weighted by Crippen LogP contribution is 2.59. The van der Waals surface area contributed by atoms with Gasteiger partial charge in [0.05, 0.1) is 11.8 Å².